The number of rotatable bonds is 5. The standard InChI is InChI=1S/C18H12FN3O6S/c19-11-3-1-10(2-4-11)7-15-17(25)21(18(26)29-15)9-16(24)20-13-8-12(22(27)28)5-6-14(13)23/h1-8,23H,9H2,(H,20,24)/b15-7-. The van der Waals surface area contributed by atoms with Gasteiger partial charge in [0.1, 0.15) is 18.1 Å². The van der Waals surface area contributed by atoms with Crippen LogP contribution in [0.4, 0.5) is 20.6 Å². The molecule has 3 rings (SSSR count). The average molecular weight is 417 g/mol. The van der Waals surface area contributed by atoms with Crippen molar-refractivity contribution in [2.24, 2.45) is 0 Å². The van der Waals surface area contributed by atoms with Crippen LogP contribution in [0.1, 0.15) is 5.56 Å². The van der Waals surface area contributed by atoms with Crippen LogP contribution in [0.3, 0.4) is 0 Å². The number of anilines is 1. The number of carbonyl (C=O) groups is 3. The van der Waals surface area contributed by atoms with Gasteiger partial charge in [0.2, 0.25) is 5.91 Å². The van der Waals surface area contributed by atoms with E-state index < -0.39 is 40.1 Å². The van der Waals surface area contributed by atoms with E-state index in [1.54, 1.807) is 0 Å². The molecule has 0 spiro atoms. The number of nitro groups is 1. The van der Waals surface area contributed by atoms with E-state index in [9.17, 15) is 34.0 Å². The van der Waals surface area contributed by atoms with Crippen molar-refractivity contribution in [1.82, 2.24) is 4.90 Å². The number of nitrogens with one attached hydrogen (secondary N) is 1. The molecule has 0 atom stereocenters. The van der Waals surface area contributed by atoms with E-state index in [0.717, 1.165) is 18.2 Å². The number of nitro benzene ring substituents is 1. The van der Waals surface area contributed by atoms with Crippen LogP contribution < -0.4 is 5.32 Å². The number of phenolic OH excluding ortho intramolecular Hbond substituents is 1. The van der Waals surface area contributed by atoms with Gasteiger partial charge >= 0.3 is 0 Å². The average Bonchev–Trinajstić information content (AvgIpc) is 2.92. The van der Waals surface area contributed by atoms with Gasteiger partial charge in [-0.1, -0.05) is 12.1 Å². The van der Waals surface area contributed by atoms with Crippen LogP contribution in [0.2, 0.25) is 0 Å². The number of halogens is 1. The van der Waals surface area contributed by atoms with Gasteiger partial charge in [0, 0.05) is 12.1 Å². The quantitative estimate of drug-likeness (QED) is 0.331. The normalized spacial score (nSPS) is 15.1. The van der Waals surface area contributed by atoms with Crippen molar-refractivity contribution >= 4 is 46.3 Å². The van der Waals surface area contributed by atoms with Crippen molar-refractivity contribution in [3.8, 4) is 5.75 Å². The zero-order valence-corrected chi connectivity index (χ0v) is 15.3. The predicted molar refractivity (Wildman–Crippen MR) is 102 cm³/mol. The third-order valence-corrected chi connectivity index (χ3v) is 4.72. The fraction of sp³-hybridized carbons (Fsp3) is 0.0556. The van der Waals surface area contributed by atoms with Crippen LogP contribution in [0.5, 0.6) is 5.75 Å². The lowest BCUT2D eigenvalue weighted by atomic mass is 10.2. The minimum atomic E-state index is -0.828. The molecule has 9 nitrogen and oxygen atoms in total. The molecule has 2 N–H and O–H groups in total. The van der Waals surface area contributed by atoms with E-state index >= 15 is 0 Å². The summed E-state index contributed by atoms with van der Waals surface area (Å²) in [6.07, 6.45) is 1.40. The smallest absolute Gasteiger partial charge is 0.294 e. The molecule has 0 aliphatic carbocycles. The van der Waals surface area contributed by atoms with E-state index in [4.69, 9.17) is 0 Å². The molecule has 0 aromatic heterocycles. The molecule has 2 aromatic rings. The lowest BCUT2D eigenvalue weighted by Gasteiger charge is -2.13. The van der Waals surface area contributed by atoms with E-state index in [2.05, 4.69) is 5.32 Å². The summed E-state index contributed by atoms with van der Waals surface area (Å²) >= 11 is 0.625. The first-order valence-electron chi connectivity index (χ1n) is 8.03. The third-order valence-electron chi connectivity index (χ3n) is 3.81. The number of hydrogen-bond acceptors (Lipinski definition) is 7. The molecular weight excluding hydrogens is 405 g/mol. The highest BCUT2D eigenvalue weighted by Gasteiger charge is 2.36. The van der Waals surface area contributed by atoms with Crippen LogP contribution in [0.25, 0.3) is 6.08 Å². The Morgan fingerprint density at radius 3 is 2.59 bits per heavy atom. The summed E-state index contributed by atoms with van der Waals surface area (Å²) in [5, 5.41) is 22.1. The highest BCUT2D eigenvalue weighted by atomic mass is 32.2. The summed E-state index contributed by atoms with van der Waals surface area (Å²) in [4.78, 5) is 47.5. The summed E-state index contributed by atoms with van der Waals surface area (Å²) in [6.45, 7) is -0.645. The Hall–Kier alpha value is -3.73. The number of amides is 3. The molecule has 0 radical (unpaired) electrons. The fourth-order valence-corrected chi connectivity index (χ4v) is 3.26. The summed E-state index contributed by atoms with van der Waals surface area (Å²) < 4.78 is 13.0. The van der Waals surface area contributed by atoms with E-state index in [1.807, 2.05) is 0 Å². The molecule has 0 unspecified atom stereocenters. The monoisotopic (exact) mass is 417 g/mol. The topological polar surface area (TPSA) is 130 Å². The van der Waals surface area contributed by atoms with Gasteiger partial charge in [-0.2, -0.15) is 0 Å². The van der Waals surface area contributed by atoms with Gasteiger partial charge in [0.15, 0.2) is 0 Å². The van der Waals surface area contributed by atoms with Gasteiger partial charge in [-0.15, -0.1) is 0 Å². The van der Waals surface area contributed by atoms with Crippen LogP contribution in [0, 0.1) is 15.9 Å². The van der Waals surface area contributed by atoms with Crippen LogP contribution in [-0.4, -0.2) is 38.5 Å². The van der Waals surface area contributed by atoms with Crippen LogP contribution in [0.15, 0.2) is 47.4 Å². The summed E-state index contributed by atoms with van der Waals surface area (Å²) in [6, 6.07) is 8.32. The van der Waals surface area contributed by atoms with Gasteiger partial charge in [0.05, 0.1) is 15.5 Å². The molecule has 11 heteroatoms. The molecule has 3 amide bonds. The minimum absolute atomic E-state index is 0.0626. The van der Waals surface area contributed by atoms with E-state index in [-0.39, 0.29) is 16.3 Å². The second-order valence-electron chi connectivity index (χ2n) is 5.83. The van der Waals surface area contributed by atoms with Gasteiger partial charge in [-0.05, 0) is 41.6 Å². The number of imide groups is 1. The molecule has 1 heterocycles. The summed E-state index contributed by atoms with van der Waals surface area (Å²) in [5.41, 5.74) is -0.0765. The maximum atomic E-state index is 13.0. The predicted octanol–water partition coefficient (Wildman–Crippen LogP) is 3.11. The Kier molecular flexibility index (Phi) is 5.59. The first-order valence-corrected chi connectivity index (χ1v) is 8.84. The Morgan fingerprint density at radius 1 is 1.24 bits per heavy atom. The Morgan fingerprint density at radius 2 is 1.93 bits per heavy atom. The van der Waals surface area contributed by atoms with Crippen molar-refractivity contribution in [2.75, 3.05) is 11.9 Å². The number of benzene rings is 2. The first-order chi connectivity index (χ1) is 13.7. The molecule has 0 bridgehead atoms. The second kappa shape index (κ2) is 8.10. The van der Waals surface area contributed by atoms with Crippen LogP contribution >= 0.6 is 11.8 Å². The lowest BCUT2D eigenvalue weighted by molar-refractivity contribution is -0.384. The largest absolute Gasteiger partial charge is 0.506 e. The number of phenols is 1. The first kappa shape index (κ1) is 20.0. The summed E-state index contributed by atoms with van der Waals surface area (Å²) in [7, 11) is 0. The van der Waals surface area contributed by atoms with Crippen molar-refractivity contribution in [2.45, 2.75) is 0 Å². The second-order valence-corrected chi connectivity index (χ2v) is 6.82. The van der Waals surface area contributed by atoms with Gasteiger partial charge < -0.3 is 10.4 Å². The number of thioether (sulfide) groups is 1. The number of non-ortho nitro benzene ring substituents is 1. The Bertz CT molecular complexity index is 1050. The molecule has 1 fully saturated rings. The van der Waals surface area contributed by atoms with E-state index in [1.165, 1.54) is 30.3 Å². The van der Waals surface area contributed by atoms with Gasteiger partial charge in [-0.3, -0.25) is 29.4 Å². The zero-order valence-electron chi connectivity index (χ0n) is 14.5. The number of aromatic hydroxyl groups is 1. The SMILES string of the molecule is O=C(CN1C(=O)S/C(=C\c2ccc(F)cc2)C1=O)Nc1cc([N+](=O)[O-])ccc1O. The molecule has 0 saturated carbocycles. The number of hydrogen-bond donors (Lipinski definition) is 2. The van der Waals surface area contributed by atoms with Crippen molar-refractivity contribution in [3.05, 3.63) is 68.9 Å². The van der Waals surface area contributed by atoms with E-state index in [0.29, 0.717) is 22.2 Å². The van der Waals surface area contributed by atoms with Gasteiger partial charge in [0.25, 0.3) is 16.8 Å². The third kappa shape index (κ3) is 4.58. The highest BCUT2D eigenvalue weighted by Crippen LogP contribution is 2.32. The Labute approximate surface area is 167 Å². The minimum Gasteiger partial charge on any atom is -0.506 e. The maximum absolute atomic E-state index is 13.0. The van der Waals surface area contributed by atoms with Gasteiger partial charge in [-0.25, -0.2) is 4.39 Å². The molecule has 1 aliphatic heterocycles. The van der Waals surface area contributed by atoms with Crippen molar-refractivity contribution < 1.29 is 28.8 Å². The number of nitrogens with zero attached hydrogens (tertiary/aromatic N) is 2. The Balaban J connectivity index is 1.71. The fourth-order valence-electron chi connectivity index (χ4n) is 2.42. The zero-order chi connectivity index (χ0) is 21.1. The van der Waals surface area contributed by atoms with Crippen LogP contribution in [-0.2, 0) is 9.59 Å². The molecule has 2 aromatic carbocycles. The number of carbonyl (C=O) groups excluding carboxylic acids is 3. The lowest BCUT2D eigenvalue weighted by Crippen LogP contribution is -2.36. The molecule has 29 heavy (non-hydrogen) atoms. The molecule has 1 aliphatic rings. The molecule has 148 valence electrons. The highest BCUT2D eigenvalue weighted by molar-refractivity contribution is 8.18. The molecule has 1 saturated heterocycles. The van der Waals surface area contributed by atoms with Crippen molar-refractivity contribution in [3.63, 3.8) is 0 Å². The molecular formula is C18H12FN3O6S. The van der Waals surface area contributed by atoms with Crippen molar-refractivity contribution in [1.29, 1.82) is 0 Å². The summed E-state index contributed by atoms with van der Waals surface area (Å²) in [5.74, 6) is -2.39. The maximum Gasteiger partial charge on any atom is 0.294 e.